The molecule has 2 fully saturated rings. The molecule has 4 aliphatic rings. The number of nitrogens with zero attached hydrogens (tertiary/aromatic N) is 4. The van der Waals surface area contributed by atoms with Gasteiger partial charge in [0.2, 0.25) is 0 Å². The van der Waals surface area contributed by atoms with Crippen LogP contribution in [0.3, 0.4) is 0 Å². The fourth-order valence-electron chi connectivity index (χ4n) is 8.55. The van der Waals surface area contributed by atoms with Gasteiger partial charge in [-0.15, -0.1) is 0 Å². The number of fused-ring (bicyclic) bond motifs is 6. The van der Waals surface area contributed by atoms with Crippen molar-refractivity contribution in [3.8, 4) is 0 Å². The molecule has 0 spiro atoms. The van der Waals surface area contributed by atoms with E-state index in [0.29, 0.717) is 11.3 Å². The Morgan fingerprint density at radius 1 is 1.03 bits per heavy atom. The fraction of sp³-hybridized carbons (Fsp3) is 0.517. The van der Waals surface area contributed by atoms with Crippen LogP contribution in [0, 0.1) is 28.6 Å². The van der Waals surface area contributed by atoms with Crippen molar-refractivity contribution in [1.82, 2.24) is 19.1 Å². The SMILES string of the molecule is C[C@]12CCCCC1=CC[C@H]1[C@@H]3CC=C(n4cnc5ccccc54)[C@@]3(Cn3ccnc3)CC[C@@H]12. The Bertz CT molecular complexity index is 1250. The second kappa shape index (κ2) is 7.19. The third-order valence-corrected chi connectivity index (χ3v) is 10.0. The Morgan fingerprint density at radius 2 is 1.97 bits per heavy atom. The molecule has 1 aromatic carbocycles. The molecular formula is C29H34N4. The van der Waals surface area contributed by atoms with Crippen molar-refractivity contribution in [3.63, 3.8) is 0 Å². The van der Waals surface area contributed by atoms with Crippen LogP contribution >= 0.6 is 0 Å². The first-order valence-corrected chi connectivity index (χ1v) is 13.0. The molecule has 0 saturated heterocycles. The van der Waals surface area contributed by atoms with Gasteiger partial charge in [-0.1, -0.05) is 43.2 Å². The Kier molecular flexibility index (Phi) is 4.32. The van der Waals surface area contributed by atoms with Crippen molar-refractivity contribution >= 4 is 16.7 Å². The van der Waals surface area contributed by atoms with Gasteiger partial charge in [0.05, 0.1) is 17.4 Å². The highest BCUT2D eigenvalue weighted by Crippen LogP contribution is 2.66. The summed E-state index contributed by atoms with van der Waals surface area (Å²) in [4.78, 5) is 9.17. The molecule has 0 amide bonds. The van der Waals surface area contributed by atoms with Crippen molar-refractivity contribution in [1.29, 1.82) is 0 Å². The van der Waals surface area contributed by atoms with E-state index in [2.05, 4.69) is 70.0 Å². The summed E-state index contributed by atoms with van der Waals surface area (Å²) >= 11 is 0. The lowest BCUT2D eigenvalue weighted by molar-refractivity contribution is -0.0246. The molecule has 4 aliphatic carbocycles. The zero-order chi connectivity index (χ0) is 22.0. The number of hydrogen-bond acceptors (Lipinski definition) is 2. The molecule has 3 aromatic rings. The highest BCUT2D eigenvalue weighted by atomic mass is 15.1. The lowest BCUT2D eigenvalue weighted by Gasteiger charge is -2.58. The quantitative estimate of drug-likeness (QED) is 0.426. The summed E-state index contributed by atoms with van der Waals surface area (Å²) in [6.07, 6.45) is 24.0. The van der Waals surface area contributed by atoms with Crippen LogP contribution in [0.1, 0.15) is 58.3 Å². The van der Waals surface area contributed by atoms with Crippen LogP contribution in [0.4, 0.5) is 0 Å². The fourth-order valence-corrected chi connectivity index (χ4v) is 8.55. The lowest BCUT2D eigenvalue weighted by atomic mass is 9.47. The highest BCUT2D eigenvalue weighted by Gasteiger charge is 2.58. The number of hydrogen-bond donors (Lipinski definition) is 0. The number of para-hydroxylation sites is 2. The first-order valence-electron chi connectivity index (χ1n) is 13.0. The molecule has 2 heterocycles. The lowest BCUT2D eigenvalue weighted by Crippen LogP contribution is -2.51. The zero-order valence-electron chi connectivity index (χ0n) is 19.7. The maximum atomic E-state index is 4.77. The van der Waals surface area contributed by atoms with Crippen molar-refractivity contribution in [2.75, 3.05) is 0 Å². The van der Waals surface area contributed by atoms with Gasteiger partial charge in [0.15, 0.2) is 0 Å². The minimum absolute atomic E-state index is 0.141. The maximum Gasteiger partial charge on any atom is 0.100 e. The van der Waals surface area contributed by atoms with Crippen LogP contribution in [0.5, 0.6) is 0 Å². The van der Waals surface area contributed by atoms with E-state index in [-0.39, 0.29) is 5.41 Å². The molecule has 0 unspecified atom stereocenters. The van der Waals surface area contributed by atoms with E-state index in [1.165, 1.54) is 62.6 Å². The minimum atomic E-state index is 0.141. The molecule has 0 N–H and O–H groups in total. The van der Waals surface area contributed by atoms with E-state index in [4.69, 9.17) is 4.98 Å². The predicted octanol–water partition coefficient (Wildman–Crippen LogP) is 6.72. The third kappa shape index (κ3) is 2.76. The van der Waals surface area contributed by atoms with Gasteiger partial charge in [0.25, 0.3) is 0 Å². The molecule has 33 heavy (non-hydrogen) atoms. The Morgan fingerprint density at radius 3 is 2.88 bits per heavy atom. The van der Waals surface area contributed by atoms with E-state index >= 15 is 0 Å². The molecule has 170 valence electrons. The molecule has 2 saturated carbocycles. The maximum absolute atomic E-state index is 4.77. The van der Waals surface area contributed by atoms with Crippen LogP contribution in [0.15, 0.2) is 67.0 Å². The Labute approximate surface area is 196 Å². The van der Waals surface area contributed by atoms with Crippen LogP contribution in [-0.2, 0) is 6.54 Å². The van der Waals surface area contributed by atoms with E-state index < -0.39 is 0 Å². The second-order valence-electron chi connectivity index (χ2n) is 11.3. The number of imidazole rings is 2. The number of rotatable bonds is 3. The Balaban J connectivity index is 1.33. The van der Waals surface area contributed by atoms with Gasteiger partial charge in [-0.2, -0.15) is 0 Å². The van der Waals surface area contributed by atoms with Crippen molar-refractivity contribution in [2.45, 2.75) is 64.8 Å². The van der Waals surface area contributed by atoms with Crippen molar-refractivity contribution in [2.24, 2.45) is 28.6 Å². The number of aromatic nitrogens is 4. The van der Waals surface area contributed by atoms with E-state index in [1.807, 2.05) is 12.5 Å². The van der Waals surface area contributed by atoms with Gasteiger partial charge in [0.1, 0.15) is 6.33 Å². The molecule has 4 heteroatoms. The molecule has 5 atom stereocenters. The van der Waals surface area contributed by atoms with E-state index in [0.717, 1.165) is 23.9 Å². The van der Waals surface area contributed by atoms with Gasteiger partial charge in [-0.3, -0.25) is 0 Å². The second-order valence-corrected chi connectivity index (χ2v) is 11.3. The number of allylic oxidation sites excluding steroid dienone is 4. The number of benzene rings is 1. The monoisotopic (exact) mass is 438 g/mol. The standard InChI is InChI=1S/C29H34N4/c1-28-14-5-4-6-21(28)9-10-22-23(28)13-15-29(18-32-17-16-30-19-32)24(22)11-12-27(29)33-20-31-25-7-2-3-8-26(25)33/h2-3,7-9,12,16-17,19-20,22-24H,4-6,10-11,13-15,18H2,1H3/t22-,23+,24+,28+,29-/m1/s1. The predicted molar refractivity (Wildman–Crippen MR) is 132 cm³/mol. The first-order chi connectivity index (χ1) is 16.2. The van der Waals surface area contributed by atoms with Gasteiger partial charge in [-0.05, 0) is 80.2 Å². The molecule has 4 nitrogen and oxygen atoms in total. The average Bonchev–Trinajstić information content (AvgIpc) is 3.57. The van der Waals surface area contributed by atoms with Gasteiger partial charge >= 0.3 is 0 Å². The summed E-state index contributed by atoms with van der Waals surface area (Å²) in [7, 11) is 0. The molecular weight excluding hydrogens is 404 g/mol. The molecule has 0 bridgehead atoms. The summed E-state index contributed by atoms with van der Waals surface area (Å²) in [5.41, 5.74) is 6.18. The topological polar surface area (TPSA) is 35.6 Å². The summed E-state index contributed by atoms with van der Waals surface area (Å²) in [6.45, 7) is 3.64. The van der Waals surface area contributed by atoms with Gasteiger partial charge in [0, 0.05) is 30.1 Å². The van der Waals surface area contributed by atoms with Crippen LogP contribution in [0.2, 0.25) is 0 Å². The summed E-state index contributed by atoms with van der Waals surface area (Å²) < 4.78 is 4.75. The average molecular weight is 439 g/mol. The van der Waals surface area contributed by atoms with Gasteiger partial charge in [-0.25, -0.2) is 9.97 Å². The largest absolute Gasteiger partial charge is 0.337 e. The van der Waals surface area contributed by atoms with E-state index in [9.17, 15) is 0 Å². The Hall–Kier alpha value is -2.62. The smallest absolute Gasteiger partial charge is 0.100 e. The minimum Gasteiger partial charge on any atom is -0.337 e. The van der Waals surface area contributed by atoms with E-state index in [1.54, 1.807) is 5.57 Å². The molecule has 7 rings (SSSR count). The van der Waals surface area contributed by atoms with Crippen molar-refractivity contribution in [3.05, 3.63) is 67.0 Å². The summed E-state index contributed by atoms with van der Waals surface area (Å²) in [6, 6.07) is 8.60. The van der Waals surface area contributed by atoms with Crippen molar-refractivity contribution < 1.29 is 0 Å². The molecule has 0 aliphatic heterocycles. The molecule has 0 radical (unpaired) electrons. The first kappa shape index (κ1) is 19.8. The van der Waals surface area contributed by atoms with Gasteiger partial charge < -0.3 is 9.13 Å². The third-order valence-electron chi connectivity index (χ3n) is 10.0. The molecule has 2 aromatic heterocycles. The zero-order valence-corrected chi connectivity index (χ0v) is 19.7. The summed E-state index contributed by atoms with van der Waals surface area (Å²) in [5.74, 6) is 2.30. The van der Waals surface area contributed by atoms with Crippen LogP contribution < -0.4 is 0 Å². The van der Waals surface area contributed by atoms with Crippen LogP contribution in [0.25, 0.3) is 16.7 Å². The summed E-state index contributed by atoms with van der Waals surface area (Å²) in [5, 5.41) is 0. The highest BCUT2D eigenvalue weighted by molar-refractivity contribution is 5.80. The normalized spacial score (nSPS) is 35.5. The van der Waals surface area contributed by atoms with Crippen LogP contribution in [-0.4, -0.2) is 19.1 Å².